The van der Waals surface area contributed by atoms with Crippen molar-refractivity contribution in [3.05, 3.63) is 101 Å². The van der Waals surface area contributed by atoms with Crippen LogP contribution in [0.2, 0.25) is 0 Å². The Kier molecular flexibility index (Phi) is 7.55. The molecule has 140 valence electrons. The molecule has 27 heavy (non-hydrogen) atoms. The molecule has 2 rings (SSSR count). The van der Waals surface area contributed by atoms with Crippen LogP contribution in [0.3, 0.4) is 0 Å². The van der Waals surface area contributed by atoms with Gasteiger partial charge in [-0.05, 0) is 74.4 Å². The van der Waals surface area contributed by atoms with Gasteiger partial charge >= 0.3 is 0 Å². The highest BCUT2D eigenvalue weighted by atomic mass is 14.7. The van der Waals surface area contributed by atoms with Crippen LogP contribution in [0.25, 0.3) is 0 Å². The fraction of sp³-hybridized carbons (Fsp3) is 0.269. The molecule has 0 unspecified atom stereocenters. The molecule has 0 fully saturated rings. The molecule has 0 aromatic heterocycles. The molecule has 0 N–H and O–H groups in total. The van der Waals surface area contributed by atoms with Gasteiger partial charge in [0, 0.05) is 5.71 Å². The number of nitrogens with zero attached hydrogens (tertiary/aromatic N) is 1. The fourth-order valence-electron chi connectivity index (χ4n) is 3.01. The average molecular weight is 358 g/mol. The van der Waals surface area contributed by atoms with Crippen LogP contribution >= 0.6 is 0 Å². The minimum Gasteiger partial charge on any atom is -0.253 e. The SMILES string of the molecule is C=C(/C=C\C=C/C)C(C)=Nc1cc(Cc2ccc(C)cc2)cc(CC)c1C. The molecule has 0 saturated carbocycles. The van der Waals surface area contributed by atoms with Crippen molar-refractivity contribution in [2.75, 3.05) is 0 Å². The first kappa shape index (κ1) is 20.6. The number of allylic oxidation sites excluding steroid dienone is 5. The summed E-state index contributed by atoms with van der Waals surface area (Å²) in [6.07, 6.45) is 9.95. The number of aliphatic imine (C=N–C) groups is 1. The standard InChI is InChI=1S/C26H31N/c1-7-9-10-11-20(4)22(6)27-26-18-24(17-25(8-2)21(26)5)16-23-14-12-19(3)13-15-23/h7,9-15,17-18H,4,8,16H2,1-3,5-6H3/b9-7-,11-10-,27-22?. The van der Waals surface area contributed by atoms with E-state index < -0.39 is 0 Å². The summed E-state index contributed by atoms with van der Waals surface area (Å²) in [7, 11) is 0. The predicted octanol–water partition coefficient (Wildman–Crippen LogP) is 7.24. The van der Waals surface area contributed by atoms with Gasteiger partial charge in [0.15, 0.2) is 0 Å². The van der Waals surface area contributed by atoms with Crippen molar-refractivity contribution in [3.63, 3.8) is 0 Å². The monoisotopic (exact) mass is 357 g/mol. The Hall–Kier alpha value is -2.67. The Morgan fingerprint density at radius 2 is 1.74 bits per heavy atom. The highest BCUT2D eigenvalue weighted by molar-refractivity contribution is 6.01. The van der Waals surface area contributed by atoms with Gasteiger partial charge in [-0.2, -0.15) is 0 Å². The van der Waals surface area contributed by atoms with Crippen LogP contribution in [0.15, 0.2) is 77.8 Å². The van der Waals surface area contributed by atoms with E-state index in [1.54, 1.807) is 0 Å². The van der Waals surface area contributed by atoms with Gasteiger partial charge in [0.25, 0.3) is 0 Å². The van der Waals surface area contributed by atoms with Crippen LogP contribution in [0, 0.1) is 13.8 Å². The Morgan fingerprint density at radius 1 is 1.04 bits per heavy atom. The fourth-order valence-corrected chi connectivity index (χ4v) is 3.01. The summed E-state index contributed by atoms with van der Waals surface area (Å²) in [6, 6.07) is 13.3. The first-order valence-electron chi connectivity index (χ1n) is 9.66. The molecule has 0 saturated heterocycles. The van der Waals surface area contributed by atoms with E-state index in [1.165, 1.54) is 27.8 Å². The molecule has 0 amide bonds. The van der Waals surface area contributed by atoms with Crippen LogP contribution in [0.5, 0.6) is 0 Å². The van der Waals surface area contributed by atoms with Crippen molar-refractivity contribution in [2.45, 2.75) is 47.5 Å². The van der Waals surface area contributed by atoms with Gasteiger partial charge in [0.05, 0.1) is 5.69 Å². The van der Waals surface area contributed by atoms with Crippen LogP contribution in [-0.4, -0.2) is 5.71 Å². The second kappa shape index (κ2) is 9.87. The van der Waals surface area contributed by atoms with Gasteiger partial charge in [-0.1, -0.05) is 73.7 Å². The highest BCUT2D eigenvalue weighted by Crippen LogP contribution is 2.27. The molecular formula is C26H31N. The summed E-state index contributed by atoms with van der Waals surface area (Å²) < 4.78 is 0. The molecule has 0 spiro atoms. The second-order valence-electron chi connectivity index (χ2n) is 7.02. The number of hydrogen-bond donors (Lipinski definition) is 0. The lowest BCUT2D eigenvalue weighted by molar-refractivity contribution is 1.08. The van der Waals surface area contributed by atoms with Crippen LogP contribution in [0.1, 0.15) is 48.6 Å². The van der Waals surface area contributed by atoms with Crippen LogP contribution < -0.4 is 0 Å². The van der Waals surface area contributed by atoms with Crippen molar-refractivity contribution < 1.29 is 0 Å². The van der Waals surface area contributed by atoms with Gasteiger partial charge in [-0.3, -0.25) is 4.99 Å². The maximum Gasteiger partial charge on any atom is 0.0667 e. The molecule has 1 nitrogen and oxygen atoms in total. The summed E-state index contributed by atoms with van der Waals surface area (Å²) in [5.74, 6) is 0. The lowest BCUT2D eigenvalue weighted by atomic mass is 9.96. The van der Waals surface area contributed by atoms with E-state index in [9.17, 15) is 0 Å². The molecule has 0 heterocycles. The number of rotatable bonds is 7. The third-order valence-electron chi connectivity index (χ3n) is 4.81. The zero-order valence-electron chi connectivity index (χ0n) is 17.3. The van der Waals surface area contributed by atoms with Gasteiger partial charge in [0.1, 0.15) is 0 Å². The first-order chi connectivity index (χ1) is 12.9. The quantitative estimate of drug-likeness (QED) is 0.366. The summed E-state index contributed by atoms with van der Waals surface area (Å²) in [5, 5.41) is 0. The normalized spacial score (nSPS) is 12.3. The molecular weight excluding hydrogens is 326 g/mol. The summed E-state index contributed by atoms with van der Waals surface area (Å²) in [4.78, 5) is 4.90. The van der Waals surface area contributed by atoms with Crippen molar-refractivity contribution >= 4 is 11.4 Å². The van der Waals surface area contributed by atoms with E-state index in [4.69, 9.17) is 4.99 Å². The minimum absolute atomic E-state index is 0.928. The smallest absolute Gasteiger partial charge is 0.0667 e. The summed E-state index contributed by atoms with van der Waals surface area (Å²) >= 11 is 0. The molecule has 0 aliphatic carbocycles. The largest absolute Gasteiger partial charge is 0.253 e. The second-order valence-corrected chi connectivity index (χ2v) is 7.02. The third-order valence-corrected chi connectivity index (χ3v) is 4.81. The van der Waals surface area contributed by atoms with Crippen molar-refractivity contribution in [3.8, 4) is 0 Å². The van der Waals surface area contributed by atoms with Gasteiger partial charge in [0.2, 0.25) is 0 Å². The van der Waals surface area contributed by atoms with Crippen molar-refractivity contribution in [2.24, 2.45) is 4.99 Å². The lowest BCUT2D eigenvalue weighted by Gasteiger charge is -2.12. The molecule has 0 aliphatic heterocycles. The Bertz CT molecular complexity index is 877. The van der Waals surface area contributed by atoms with Gasteiger partial charge in [-0.15, -0.1) is 0 Å². The molecule has 1 heteroatoms. The predicted molar refractivity (Wildman–Crippen MR) is 120 cm³/mol. The van der Waals surface area contributed by atoms with E-state index in [0.29, 0.717) is 0 Å². The Morgan fingerprint density at radius 3 is 2.37 bits per heavy atom. The number of aryl methyl sites for hydroxylation is 2. The van der Waals surface area contributed by atoms with E-state index in [-0.39, 0.29) is 0 Å². The van der Waals surface area contributed by atoms with E-state index in [1.807, 2.05) is 38.2 Å². The van der Waals surface area contributed by atoms with Gasteiger partial charge < -0.3 is 0 Å². The van der Waals surface area contributed by atoms with Gasteiger partial charge in [-0.25, -0.2) is 0 Å². The van der Waals surface area contributed by atoms with Crippen LogP contribution in [-0.2, 0) is 12.8 Å². The minimum atomic E-state index is 0.928. The van der Waals surface area contributed by atoms with Crippen LogP contribution in [0.4, 0.5) is 5.69 Å². The Balaban J connectivity index is 2.36. The maximum atomic E-state index is 4.90. The van der Waals surface area contributed by atoms with E-state index >= 15 is 0 Å². The van der Waals surface area contributed by atoms with E-state index in [2.05, 4.69) is 63.7 Å². The molecule has 2 aromatic rings. The molecule has 0 aliphatic rings. The molecule has 0 bridgehead atoms. The van der Waals surface area contributed by atoms with Crippen molar-refractivity contribution in [1.29, 1.82) is 0 Å². The topological polar surface area (TPSA) is 12.4 Å². The first-order valence-corrected chi connectivity index (χ1v) is 9.66. The summed E-state index contributed by atoms with van der Waals surface area (Å²) in [5.41, 5.74) is 9.50. The van der Waals surface area contributed by atoms with E-state index in [0.717, 1.165) is 29.8 Å². The number of hydrogen-bond acceptors (Lipinski definition) is 1. The zero-order chi connectivity index (χ0) is 19.8. The molecule has 2 aromatic carbocycles. The number of benzene rings is 2. The average Bonchev–Trinajstić information content (AvgIpc) is 2.66. The maximum absolute atomic E-state index is 4.90. The lowest BCUT2D eigenvalue weighted by Crippen LogP contribution is -1.97. The van der Waals surface area contributed by atoms with Crippen molar-refractivity contribution in [1.82, 2.24) is 0 Å². The molecule has 0 radical (unpaired) electrons. The summed E-state index contributed by atoms with van der Waals surface area (Å²) in [6.45, 7) is 14.7. The molecule has 0 atom stereocenters. The third kappa shape index (κ3) is 5.92. The highest BCUT2D eigenvalue weighted by Gasteiger charge is 2.08. The zero-order valence-corrected chi connectivity index (χ0v) is 17.3. The Labute approximate surface area is 164 Å².